The zero-order chi connectivity index (χ0) is 10.8. The highest BCUT2D eigenvalue weighted by atomic mass is 15.2. The van der Waals surface area contributed by atoms with Gasteiger partial charge in [-0.1, -0.05) is 13.8 Å². The summed E-state index contributed by atoms with van der Waals surface area (Å²) in [6.45, 7) is 7.13. The molecule has 2 rings (SSSR count). The van der Waals surface area contributed by atoms with Crippen LogP contribution in [-0.4, -0.2) is 29.6 Å². The quantitative estimate of drug-likeness (QED) is 0.801. The second kappa shape index (κ2) is 4.14. The number of hydrogen-bond donors (Lipinski definition) is 1. The van der Waals surface area contributed by atoms with E-state index in [0.717, 1.165) is 31.1 Å². The van der Waals surface area contributed by atoms with E-state index in [4.69, 9.17) is 5.73 Å². The highest BCUT2D eigenvalue weighted by molar-refractivity contribution is 5.42. The second-order valence-electron chi connectivity index (χ2n) is 4.46. The summed E-state index contributed by atoms with van der Waals surface area (Å²) in [4.78, 5) is 10.8. The molecule has 0 aromatic carbocycles. The van der Waals surface area contributed by atoms with Crippen molar-refractivity contribution in [3.8, 4) is 0 Å². The Morgan fingerprint density at radius 2 is 2.20 bits per heavy atom. The van der Waals surface area contributed by atoms with E-state index < -0.39 is 0 Å². The van der Waals surface area contributed by atoms with Gasteiger partial charge < -0.3 is 10.6 Å². The maximum atomic E-state index is 5.59. The molecule has 0 spiro atoms. The lowest BCUT2D eigenvalue weighted by molar-refractivity contribution is 0.416. The van der Waals surface area contributed by atoms with Gasteiger partial charge in [0.25, 0.3) is 0 Å². The van der Waals surface area contributed by atoms with Crippen molar-refractivity contribution in [2.45, 2.75) is 19.8 Å². The minimum atomic E-state index is 0.457. The van der Waals surface area contributed by atoms with Crippen molar-refractivity contribution in [2.75, 3.05) is 24.5 Å². The molecule has 1 saturated heterocycles. The molecule has 1 aromatic heterocycles. The van der Waals surface area contributed by atoms with Crippen LogP contribution in [0.5, 0.6) is 0 Å². The minimum Gasteiger partial charge on any atom is -0.356 e. The highest BCUT2D eigenvalue weighted by Gasteiger charge is 2.26. The maximum Gasteiger partial charge on any atom is 0.132 e. The Bertz CT molecular complexity index is 331. The Balaban J connectivity index is 2.06. The predicted molar refractivity (Wildman–Crippen MR) is 60.9 cm³/mol. The van der Waals surface area contributed by atoms with E-state index in [1.54, 1.807) is 6.33 Å². The van der Waals surface area contributed by atoms with Crippen LogP contribution in [0.15, 0.2) is 12.4 Å². The number of nitrogens with two attached hydrogens (primary N) is 1. The predicted octanol–water partition coefficient (Wildman–Crippen LogP) is 0.995. The fourth-order valence-corrected chi connectivity index (χ4v) is 1.76. The van der Waals surface area contributed by atoms with Gasteiger partial charge in [0, 0.05) is 30.8 Å². The fourth-order valence-electron chi connectivity index (χ4n) is 1.76. The molecule has 0 atom stereocenters. The topological polar surface area (TPSA) is 55.0 Å². The summed E-state index contributed by atoms with van der Waals surface area (Å²) in [5.74, 6) is 2.14. The Hall–Kier alpha value is -1.16. The molecule has 4 nitrogen and oxygen atoms in total. The lowest BCUT2D eigenvalue weighted by atomic mass is 10.0. The standard InChI is InChI=1S/C11H18N4/c1-8(2)10-3-11(14-7-13-10)15-5-9(4-12)6-15/h3,7-9H,4-6,12H2,1-2H3. The van der Waals surface area contributed by atoms with Gasteiger partial charge in [-0.25, -0.2) is 9.97 Å². The zero-order valence-electron chi connectivity index (χ0n) is 9.35. The first-order chi connectivity index (χ1) is 7.20. The Kier molecular flexibility index (Phi) is 2.86. The van der Waals surface area contributed by atoms with Gasteiger partial charge in [-0.05, 0) is 12.5 Å². The second-order valence-corrected chi connectivity index (χ2v) is 4.46. The molecule has 0 aliphatic carbocycles. The van der Waals surface area contributed by atoms with E-state index in [-0.39, 0.29) is 0 Å². The van der Waals surface area contributed by atoms with Gasteiger partial charge in [0.1, 0.15) is 12.1 Å². The first kappa shape index (κ1) is 10.4. The van der Waals surface area contributed by atoms with Crippen molar-refractivity contribution in [3.05, 3.63) is 18.1 Å². The summed E-state index contributed by atoms with van der Waals surface area (Å²) in [5.41, 5.74) is 6.70. The Labute approximate surface area is 90.5 Å². The molecule has 1 aliphatic rings. The molecule has 0 saturated carbocycles. The number of anilines is 1. The lowest BCUT2D eigenvalue weighted by Gasteiger charge is -2.39. The van der Waals surface area contributed by atoms with E-state index in [0.29, 0.717) is 11.8 Å². The van der Waals surface area contributed by atoms with Gasteiger partial charge in [0.2, 0.25) is 0 Å². The van der Waals surface area contributed by atoms with Crippen LogP contribution < -0.4 is 10.6 Å². The summed E-state index contributed by atoms with van der Waals surface area (Å²) < 4.78 is 0. The number of hydrogen-bond acceptors (Lipinski definition) is 4. The molecule has 82 valence electrons. The average Bonchev–Trinajstić information content (AvgIpc) is 2.16. The molecule has 1 fully saturated rings. The fraction of sp³-hybridized carbons (Fsp3) is 0.636. The maximum absolute atomic E-state index is 5.59. The third-order valence-corrected chi connectivity index (χ3v) is 2.88. The van der Waals surface area contributed by atoms with Crippen molar-refractivity contribution >= 4 is 5.82 Å². The Morgan fingerprint density at radius 1 is 1.47 bits per heavy atom. The van der Waals surface area contributed by atoms with Gasteiger partial charge in [0.05, 0.1) is 0 Å². The summed E-state index contributed by atoms with van der Waals surface area (Å²) in [6.07, 6.45) is 1.65. The van der Waals surface area contributed by atoms with E-state index in [1.807, 2.05) is 0 Å². The molecule has 15 heavy (non-hydrogen) atoms. The molecule has 0 amide bonds. The molecule has 4 heteroatoms. The van der Waals surface area contributed by atoms with Crippen molar-refractivity contribution in [1.29, 1.82) is 0 Å². The minimum absolute atomic E-state index is 0.457. The molecule has 0 radical (unpaired) electrons. The molecule has 2 heterocycles. The van der Waals surface area contributed by atoms with E-state index in [9.17, 15) is 0 Å². The van der Waals surface area contributed by atoms with Crippen molar-refractivity contribution < 1.29 is 0 Å². The molecule has 0 bridgehead atoms. The van der Waals surface area contributed by atoms with Crippen molar-refractivity contribution in [3.63, 3.8) is 0 Å². The van der Waals surface area contributed by atoms with Crippen LogP contribution >= 0.6 is 0 Å². The van der Waals surface area contributed by atoms with E-state index in [1.165, 1.54) is 0 Å². The van der Waals surface area contributed by atoms with Crippen LogP contribution in [0.25, 0.3) is 0 Å². The largest absolute Gasteiger partial charge is 0.356 e. The summed E-state index contributed by atoms with van der Waals surface area (Å²) in [5, 5.41) is 0. The zero-order valence-corrected chi connectivity index (χ0v) is 9.35. The third kappa shape index (κ3) is 2.09. The number of rotatable bonds is 3. The van der Waals surface area contributed by atoms with Gasteiger partial charge in [-0.3, -0.25) is 0 Å². The van der Waals surface area contributed by atoms with Crippen molar-refractivity contribution in [2.24, 2.45) is 11.7 Å². The first-order valence-electron chi connectivity index (χ1n) is 5.47. The van der Waals surface area contributed by atoms with Crippen molar-refractivity contribution in [1.82, 2.24) is 9.97 Å². The van der Waals surface area contributed by atoms with Gasteiger partial charge in [-0.15, -0.1) is 0 Å². The van der Waals surface area contributed by atoms with Gasteiger partial charge in [0.15, 0.2) is 0 Å². The van der Waals surface area contributed by atoms with Crippen LogP contribution in [-0.2, 0) is 0 Å². The smallest absolute Gasteiger partial charge is 0.132 e. The molecular formula is C11H18N4. The normalized spacial score (nSPS) is 16.9. The molecule has 1 aromatic rings. The molecule has 2 N–H and O–H groups in total. The first-order valence-corrected chi connectivity index (χ1v) is 5.47. The number of nitrogens with zero attached hydrogens (tertiary/aromatic N) is 3. The van der Waals surface area contributed by atoms with Gasteiger partial charge in [-0.2, -0.15) is 0 Å². The van der Waals surface area contributed by atoms with Crippen LogP contribution in [0, 0.1) is 5.92 Å². The lowest BCUT2D eigenvalue weighted by Crippen LogP contribution is -2.50. The summed E-state index contributed by atoms with van der Waals surface area (Å²) in [7, 11) is 0. The molecular weight excluding hydrogens is 188 g/mol. The van der Waals surface area contributed by atoms with E-state index >= 15 is 0 Å². The monoisotopic (exact) mass is 206 g/mol. The molecule has 0 unspecified atom stereocenters. The average molecular weight is 206 g/mol. The summed E-state index contributed by atoms with van der Waals surface area (Å²) >= 11 is 0. The highest BCUT2D eigenvalue weighted by Crippen LogP contribution is 2.23. The third-order valence-electron chi connectivity index (χ3n) is 2.88. The van der Waals surface area contributed by atoms with Crippen LogP contribution in [0.3, 0.4) is 0 Å². The van der Waals surface area contributed by atoms with E-state index in [2.05, 4.69) is 34.8 Å². The van der Waals surface area contributed by atoms with Gasteiger partial charge >= 0.3 is 0 Å². The van der Waals surface area contributed by atoms with Crippen LogP contribution in [0.4, 0.5) is 5.82 Å². The van der Waals surface area contributed by atoms with Crippen LogP contribution in [0.2, 0.25) is 0 Å². The number of aromatic nitrogens is 2. The summed E-state index contributed by atoms with van der Waals surface area (Å²) in [6, 6.07) is 2.08. The SMILES string of the molecule is CC(C)c1cc(N2CC(CN)C2)ncn1. The Morgan fingerprint density at radius 3 is 2.80 bits per heavy atom. The van der Waals surface area contributed by atoms with Crippen LogP contribution in [0.1, 0.15) is 25.5 Å². The molecule has 1 aliphatic heterocycles.